The molecule has 0 atom stereocenters. The molecular weight excluding hydrogens is 344 g/mol. The first-order valence-corrected chi connectivity index (χ1v) is 8.94. The number of carbonyl (C=O) groups excluding carboxylic acids is 1. The fraction of sp³-hybridized carbons (Fsp3) is 0.316. The fourth-order valence-corrected chi connectivity index (χ4v) is 3.32. The van der Waals surface area contributed by atoms with E-state index in [4.69, 9.17) is 10.5 Å². The number of fused-ring (bicyclic) bond motifs is 1. The minimum atomic E-state index is -0.239. The van der Waals surface area contributed by atoms with Crippen LogP contribution >= 0.6 is 0 Å². The first kappa shape index (κ1) is 17.1. The molecule has 0 radical (unpaired) electrons. The van der Waals surface area contributed by atoms with Crippen molar-refractivity contribution in [3.63, 3.8) is 0 Å². The van der Waals surface area contributed by atoms with Crippen molar-refractivity contribution < 1.29 is 9.53 Å². The summed E-state index contributed by atoms with van der Waals surface area (Å²) in [5.74, 6) is 0.612. The number of nitrogens with two attached hydrogens (primary N) is 1. The molecule has 3 N–H and O–H groups in total. The molecule has 4 rings (SSSR count). The molecule has 0 spiro atoms. The third-order valence-corrected chi connectivity index (χ3v) is 4.63. The van der Waals surface area contributed by atoms with Gasteiger partial charge in [0.1, 0.15) is 11.3 Å². The summed E-state index contributed by atoms with van der Waals surface area (Å²) >= 11 is 0. The van der Waals surface area contributed by atoms with Gasteiger partial charge in [-0.2, -0.15) is 0 Å². The largest absolute Gasteiger partial charge is 0.488 e. The number of carbonyl (C=O) groups is 1. The lowest BCUT2D eigenvalue weighted by Gasteiger charge is -2.29. The van der Waals surface area contributed by atoms with Gasteiger partial charge in [-0.1, -0.05) is 0 Å². The Labute approximate surface area is 156 Å². The van der Waals surface area contributed by atoms with Gasteiger partial charge in [-0.05, 0) is 37.8 Å². The summed E-state index contributed by atoms with van der Waals surface area (Å²) in [7, 11) is 0. The van der Waals surface area contributed by atoms with Crippen LogP contribution in [0.1, 0.15) is 36.3 Å². The second-order valence-corrected chi connectivity index (χ2v) is 6.58. The highest BCUT2D eigenvalue weighted by Gasteiger charge is 2.25. The fourth-order valence-electron chi connectivity index (χ4n) is 3.32. The van der Waals surface area contributed by atoms with Crippen LogP contribution in [0, 0.1) is 0 Å². The molecular formula is C19H20N6O2. The lowest BCUT2D eigenvalue weighted by molar-refractivity contribution is 0.0884. The zero-order chi connectivity index (χ0) is 18.6. The van der Waals surface area contributed by atoms with Gasteiger partial charge in [0.25, 0.3) is 5.91 Å². The molecule has 138 valence electrons. The summed E-state index contributed by atoms with van der Waals surface area (Å²) in [6, 6.07) is 5.35. The Balaban J connectivity index is 1.37. The maximum Gasteiger partial charge on any atom is 0.289 e. The Kier molecular flexibility index (Phi) is 4.78. The van der Waals surface area contributed by atoms with Crippen LogP contribution in [0.2, 0.25) is 0 Å². The predicted molar refractivity (Wildman–Crippen MR) is 100 cm³/mol. The van der Waals surface area contributed by atoms with Crippen LogP contribution in [-0.2, 0) is 0 Å². The molecule has 27 heavy (non-hydrogen) atoms. The van der Waals surface area contributed by atoms with Gasteiger partial charge in [0.05, 0.1) is 11.6 Å². The summed E-state index contributed by atoms with van der Waals surface area (Å²) in [6.07, 6.45) is 9.77. The lowest BCUT2D eigenvalue weighted by atomic mass is 9.93. The summed E-state index contributed by atoms with van der Waals surface area (Å²) in [5.41, 5.74) is 7.98. The summed E-state index contributed by atoms with van der Waals surface area (Å²) < 4.78 is 6.17. The predicted octanol–water partition coefficient (Wildman–Crippen LogP) is 2.12. The molecule has 3 aromatic rings. The van der Waals surface area contributed by atoms with Gasteiger partial charge < -0.3 is 15.8 Å². The lowest BCUT2D eigenvalue weighted by Crippen LogP contribution is -2.40. The summed E-state index contributed by atoms with van der Waals surface area (Å²) in [4.78, 5) is 28.8. The molecule has 2 aromatic heterocycles. The molecule has 1 aromatic carbocycles. The van der Waals surface area contributed by atoms with E-state index >= 15 is 0 Å². The summed E-state index contributed by atoms with van der Waals surface area (Å²) in [6.45, 7) is 0. The second-order valence-electron chi connectivity index (χ2n) is 6.58. The van der Waals surface area contributed by atoms with Crippen molar-refractivity contribution in [3.8, 4) is 5.75 Å². The Bertz CT molecular complexity index is 941. The molecule has 2 heterocycles. The Morgan fingerprint density at radius 3 is 2.52 bits per heavy atom. The van der Waals surface area contributed by atoms with Crippen LogP contribution in [0.15, 0.2) is 43.0 Å². The maximum atomic E-state index is 12.2. The van der Waals surface area contributed by atoms with Gasteiger partial charge in [0.15, 0.2) is 0 Å². The molecule has 0 unspecified atom stereocenters. The average Bonchev–Trinajstić information content (AvgIpc) is 2.70. The van der Waals surface area contributed by atoms with Crippen molar-refractivity contribution in [1.29, 1.82) is 0 Å². The molecule has 0 bridgehead atoms. The SMILES string of the molecule is Nc1cc(OC2CCC(NC(=O)c3ncccn3)CC2)c2nccnc2c1. The molecule has 1 amide bonds. The topological polar surface area (TPSA) is 116 Å². The Morgan fingerprint density at radius 1 is 1.00 bits per heavy atom. The van der Waals surface area contributed by atoms with Gasteiger partial charge in [-0.25, -0.2) is 15.0 Å². The third kappa shape index (κ3) is 3.94. The number of amides is 1. The number of hydrogen-bond acceptors (Lipinski definition) is 7. The van der Waals surface area contributed by atoms with Crippen molar-refractivity contribution in [2.24, 2.45) is 0 Å². The van der Waals surface area contributed by atoms with E-state index < -0.39 is 0 Å². The first-order chi connectivity index (χ1) is 13.2. The highest BCUT2D eigenvalue weighted by atomic mass is 16.5. The monoisotopic (exact) mass is 364 g/mol. The standard InChI is InChI=1S/C19H20N6O2/c20-12-10-15-17(22-9-8-21-15)16(11-12)27-14-4-2-13(3-5-14)25-19(26)18-23-6-1-7-24-18/h1,6-11,13-14H,2-5,20H2,(H,25,26). The van der Waals surface area contributed by atoms with Gasteiger partial charge in [-0.15, -0.1) is 0 Å². The number of nitrogens with zero attached hydrogens (tertiary/aromatic N) is 4. The molecule has 0 aliphatic heterocycles. The van der Waals surface area contributed by atoms with Gasteiger partial charge in [-0.3, -0.25) is 9.78 Å². The highest BCUT2D eigenvalue weighted by molar-refractivity contribution is 5.90. The number of hydrogen-bond donors (Lipinski definition) is 2. The number of anilines is 1. The van der Waals surface area contributed by atoms with Gasteiger partial charge in [0.2, 0.25) is 5.82 Å². The maximum absolute atomic E-state index is 12.2. The van der Waals surface area contributed by atoms with Crippen molar-refractivity contribution in [1.82, 2.24) is 25.3 Å². The molecule has 8 heteroatoms. The Morgan fingerprint density at radius 2 is 1.74 bits per heavy atom. The summed E-state index contributed by atoms with van der Waals surface area (Å²) in [5, 5.41) is 3.00. The van der Waals surface area contributed by atoms with Crippen LogP contribution in [-0.4, -0.2) is 38.0 Å². The average molecular weight is 364 g/mol. The number of rotatable bonds is 4. The zero-order valence-corrected chi connectivity index (χ0v) is 14.7. The Hall–Kier alpha value is -3.29. The van der Waals surface area contributed by atoms with Gasteiger partial charge >= 0.3 is 0 Å². The molecule has 1 saturated carbocycles. The quantitative estimate of drug-likeness (QED) is 0.681. The van der Waals surface area contributed by atoms with E-state index in [0.29, 0.717) is 17.0 Å². The van der Waals surface area contributed by atoms with Crippen LogP contribution in [0.3, 0.4) is 0 Å². The molecule has 8 nitrogen and oxygen atoms in total. The van der Waals surface area contributed by atoms with E-state index in [-0.39, 0.29) is 23.9 Å². The first-order valence-electron chi connectivity index (χ1n) is 8.94. The van der Waals surface area contributed by atoms with Gasteiger partial charge in [0, 0.05) is 42.6 Å². The molecule has 1 fully saturated rings. The number of nitrogens with one attached hydrogen (secondary N) is 1. The number of benzene rings is 1. The van der Waals surface area contributed by atoms with Crippen molar-refractivity contribution in [3.05, 3.63) is 48.8 Å². The molecule has 1 aliphatic rings. The van der Waals surface area contributed by atoms with E-state index in [9.17, 15) is 4.79 Å². The van der Waals surface area contributed by atoms with Crippen molar-refractivity contribution >= 4 is 22.6 Å². The normalized spacial score (nSPS) is 19.6. The minimum Gasteiger partial charge on any atom is -0.488 e. The zero-order valence-electron chi connectivity index (χ0n) is 14.7. The number of ether oxygens (including phenoxy) is 1. The van der Waals surface area contributed by atoms with E-state index in [0.717, 1.165) is 31.2 Å². The number of aromatic nitrogens is 4. The third-order valence-electron chi connectivity index (χ3n) is 4.63. The van der Waals surface area contributed by atoms with Crippen LogP contribution in [0.5, 0.6) is 5.75 Å². The van der Waals surface area contributed by atoms with Crippen LogP contribution in [0.4, 0.5) is 5.69 Å². The molecule has 1 aliphatic carbocycles. The minimum absolute atomic E-state index is 0.0538. The van der Waals surface area contributed by atoms with E-state index in [1.807, 2.05) is 0 Å². The van der Waals surface area contributed by atoms with E-state index in [1.54, 1.807) is 43.0 Å². The van der Waals surface area contributed by atoms with Crippen molar-refractivity contribution in [2.75, 3.05) is 5.73 Å². The smallest absolute Gasteiger partial charge is 0.289 e. The van der Waals surface area contributed by atoms with E-state index in [2.05, 4.69) is 25.3 Å². The molecule has 0 saturated heterocycles. The highest BCUT2D eigenvalue weighted by Crippen LogP contribution is 2.30. The second kappa shape index (κ2) is 7.53. The number of nitrogen functional groups attached to an aromatic ring is 1. The van der Waals surface area contributed by atoms with Crippen LogP contribution in [0.25, 0.3) is 11.0 Å². The van der Waals surface area contributed by atoms with E-state index in [1.165, 1.54) is 0 Å². The van der Waals surface area contributed by atoms with Crippen molar-refractivity contribution in [2.45, 2.75) is 37.8 Å². The van der Waals surface area contributed by atoms with Crippen LogP contribution < -0.4 is 15.8 Å².